The van der Waals surface area contributed by atoms with Crippen molar-refractivity contribution in [3.8, 4) is 0 Å². The lowest BCUT2D eigenvalue weighted by Crippen LogP contribution is -2.38. The van der Waals surface area contributed by atoms with Crippen LogP contribution in [0.2, 0.25) is 0 Å². The van der Waals surface area contributed by atoms with Crippen LogP contribution in [0.1, 0.15) is 30.0 Å². The minimum Gasteiger partial charge on any atom is -0.313 e. The highest BCUT2D eigenvalue weighted by Gasteiger charge is 2.25. The summed E-state index contributed by atoms with van der Waals surface area (Å²) in [5.41, 5.74) is 2.77. The van der Waals surface area contributed by atoms with Gasteiger partial charge in [-0.15, -0.1) is 0 Å². The Morgan fingerprint density at radius 3 is 2.59 bits per heavy atom. The molecule has 2 rings (SSSR count). The third-order valence-electron chi connectivity index (χ3n) is 3.88. The van der Waals surface area contributed by atoms with E-state index in [1.807, 2.05) is 0 Å². The van der Waals surface area contributed by atoms with E-state index < -0.39 is 0 Å². The first-order valence-electron chi connectivity index (χ1n) is 6.63. The van der Waals surface area contributed by atoms with Crippen molar-refractivity contribution in [2.24, 2.45) is 5.92 Å². The van der Waals surface area contributed by atoms with E-state index in [2.05, 4.69) is 55.5 Å². The number of nitrogens with zero attached hydrogens (tertiary/aromatic N) is 1. The minimum absolute atomic E-state index is 0.498. The summed E-state index contributed by atoms with van der Waals surface area (Å²) in [5, 5.41) is 3.50. The van der Waals surface area contributed by atoms with E-state index in [9.17, 15) is 0 Å². The fourth-order valence-corrected chi connectivity index (χ4v) is 2.93. The third-order valence-corrected chi connectivity index (χ3v) is 3.88. The molecule has 1 heterocycles. The molecule has 0 aliphatic carbocycles. The van der Waals surface area contributed by atoms with Crippen molar-refractivity contribution in [3.63, 3.8) is 0 Å². The van der Waals surface area contributed by atoms with Gasteiger partial charge in [0.25, 0.3) is 0 Å². The Hall–Kier alpha value is -0.860. The maximum Gasteiger partial charge on any atom is 0.0358 e. The van der Waals surface area contributed by atoms with Gasteiger partial charge in [-0.2, -0.15) is 0 Å². The minimum atomic E-state index is 0.498. The first-order valence-corrected chi connectivity index (χ1v) is 6.63. The van der Waals surface area contributed by atoms with Crippen molar-refractivity contribution in [1.82, 2.24) is 10.2 Å². The smallest absolute Gasteiger partial charge is 0.0358 e. The quantitative estimate of drug-likeness (QED) is 0.862. The lowest BCUT2D eigenvalue weighted by Gasteiger charge is -2.35. The van der Waals surface area contributed by atoms with E-state index in [-0.39, 0.29) is 0 Å². The van der Waals surface area contributed by atoms with Gasteiger partial charge in [0.1, 0.15) is 0 Å². The Kier molecular flexibility index (Phi) is 4.19. The van der Waals surface area contributed by atoms with Crippen LogP contribution < -0.4 is 5.32 Å². The summed E-state index contributed by atoms with van der Waals surface area (Å²) < 4.78 is 0. The van der Waals surface area contributed by atoms with E-state index in [0.717, 1.165) is 5.92 Å². The van der Waals surface area contributed by atoms with E-state index >= 15 is 0 Å². The molecule has 2 nitrogen and oxygen atoms in total. The molecule has 0 spiro atoms. The monoisotopic (exact) mass is 232 g/mol. The number of hydrogen-bond donors (Lipinski definition) is 1. The van der Waals surface area contributed by atoms with Gasteiger partial charge < -0.3 is 10.2 Å². The van der Waals surface area contributed by atoms with Crippen LogP contribution in [-0.2, 0) is 0 Å². The molecule has 0 bridgehead atoms. The molecule has 2 atom stereocenters. The molecular weight excluding hydrogens is 208 g/mol. The Balaban J connectivity index is 2.12. The molecule has 1 aliphatic rings. The van der Waals surface area contributed by atoms with Gasteiger partial charge in [-0.25, -0.2) is 0 Å². The van der Waals surface area contributed by atoms with E-state index in [0.29, 0.717) is 6.04 Å². The fourth-order valence-electron chi connectivity index (χ4n) is 2.93. The van der Waals surface area contributed by atoms with Crippen LogP contribution >= 0.6 is 0 Å². The first kappa shape index (κ1) is 12.6. The maximum atomic E-state index is 3.50. The van der Waals surface area contributed by atoms with E-state index in [1.165, 1.54) is 37.1 Å². The number of benzene rings is 1. The summed E-state index contributed by atoms with van der Waals surface area (Å²) in [6, 6.07) is 9.47. The zero-order valence-electron chi connectivity index (χ0n) is 11.2. The zero-order valence-corrected chi connectivity index (χ0v) is 11.2. The van der Waals surface area contributed by atoms with Crippen LogP contribution in [0.25, 0.3) is 0 Å². The normalized spacial score (nSPS) is 23.6. The summed E-state index contributed by atoms with van der Waals surface area (Å²) in [6.07, 6.45) is 2.66. The molecule has 17 heavy (non-hydrogen) atoms. The molecule has 1 aromatic rings. The summed E-state index contributed by atoms with van der Waals surface area (Å²) in [5.74, 6) is 0.737. The Bertz CT molecular complexity index is 344. The molecule has 0 aromatic heterocycles. The molecule has 1 aromatic carbocycles. The van der Waals surface area contributed by atoms with Crippen molar-refractivity contribution >= 4 is 0 Å². The predicted octanol–water partition coefficient (Wildman–Crippen LogP) is 2.60. The van der Waals surface area contributed by atoms with Crippen molar-refractivity contribution < 1.29 is 0 Å². The van der Waals surface area contributed by atoms with Crippen molar-refractivity contribution in [3.05, 3.63) is 35.4 Å². The zero-order chi connectivity index (χ0) is 12.3. The fraction of sp³-hybridized carbons (Fsp3) is 0.600. The predicted molar refractivity (Wildman–Crippen MR) is 73.2 cm³/mol. The highest BCUT2D eigenvalue weighted by Crippen LogP contribution is 2.29. The highest BCUT2D eigenvalue weighted by atomic mass is 15.1. The lowest BCUT2D eigenvalue weighted by molar-refractivity contribution is 0.177. The Morgan fingerprint density at radius 2 is 2.00 bits per heavy atom. The number of piperidine rings is 1. The van der Waals surface area contributed by atoms with Crippen LogP contribution in [-0.4, -0.2) is 32.1 Å². The summed E-state index contributed by atoms with van der Waals surface area (Å²) in [7, 11) is 4.31. The maximum absolute atomic E-state index is 3.50. The Morgan fingerprint density at radius 1 is 1.29 bits per heavy atom. The van der Waals surface area contributed by atoms with Crippen LogP contribution in [0.15, 0.2) is 24.3 Å². The van der Waals surface area contributed by atoms with Crippen LogP contribution in [0.4, 0.5) is 0 Å². The van der Waals surface area contributed by atoms with Gasteiger partial charge in [-0.05, 0) is 51.9 Å². The average molecular weight is 232 g/mol. The van der Waals surface area contributed by atoms with E-state index in [4.69, 9.17) is 0 Å². The first-order chi connectivity index (χ1) is 8.20. The number of aryl methyl sites for hydroxylation is 1. The molecule has 1 N–H and O–H groups in total. The van der Waals surface area contributed by atoms with Crippen LogP contribution in [0.5, 0.6) is 0 Å². The van der Waals surface area contributed by atoms with Gasteiger partial charge in [-0.3, -0.25) is 0 Å². The summed E-state index contributed by atoms with van der Waals surface area (Å²) in [4.78, 5) is 2.45. The van der Waals surface area contributed by atoms with Gasteiger partial charge >= 0.3 is 0 Å². The van der Waals surface area contributed by atoms with Gasteiger partial charge in [0.05, 0.1) is 0 Å². The Labute approximate surface area is 105 Å². The number of nitrogens with one attached hydrogen (secondary N) is 1. The molecule has 2 heteroatoms. The molecule has 94 valence electrons. The number of rotatable bonds is 3. The largest absolute Gasteiger partial charge is 0.313 e. The van der Waals surface area contributed by atoms with Crippen molar-refractivity contribution in [2.75, 3.05) is 27.2 Å². The molecule has 1 saturated heterocycles. The topological polar surface area (TPSA) is 15.3 Å². The van der Waals surface area contributed by atoms with Gasteiger partial charge in [0.15, 0.2) is 0 Å². The molecular formula is C15H24N2. The average Bonchev–Trinajstić information content (AvgIpc) is 2.33. The van der Waals surface area contributed by atoms with E-state index in [1.54, 1.807) is 0 Å². The summed E-state index contributed by atoms with van der Waals surface area (Å²) >= 11 is 0. The lowest BCUT2D eigenvalue weighted by atomic mass is 9.86. The van der Waals surface area contributed by atoms with Gasteiger partial charge in [0.2, 0.25) is 0 Å². The molecule has 1 aliphatic heterocycles. The molecule has 0 saturated carbocycles. The second kappa shape index (κ2) is 5.65. The number of likely N-dealkylation sites (tertiary alicyclic amines) is 1. The SMILES string of the molecule is CNC(c1ccc(C)cc1)C1CCCN(C)C1. The molecule has 2 unspecified atom stereocenters. The third kappa shape index (κ3) is 3.08. The second-order valence-corrected chi connectivity index (χ2v) is 5.34. The van der Waals surface area contributed by atoms with Crippen molar-refractivity contribution in [1.29, 1.82) is 0 Å². The highest BCUT2D eigenvalue weighted by molar-refractivity contribution is 5.24. The molecule has 0 amide bonds. The molecule has 0 radical (unpaired) electrons. The van der Waals surface area contributed by atoms with Gasteiger partial charge in [0, 0.05) is 12.6 Å². The van der Waals surface area contributed by atoms with Crippen LogP contribution in [0, 0.1) is 12.8 Å². The van der Waals surface area contributed by atoms with Crippen molar-refractivity contribution in [2.45, 2.75) is 25.8 Å². The summed E-state index contributed by atoms with van der Waals surface area (Å²) in [6.45, 7) is 4.60. The number of hydrogen-bond acceptors (Lipinski definition) is 2. The van der Waals surface area contributed by atoms with Crippen LogP contribution in [0.3, 0.4) is 0 Å². The molecule has 1 fully saturated rings. The standard InChI is InChI=1S/C15H24N2/c1-12-6-8-13(9-7-12)15(16-2)14-5-4-10-17(3)11-14/h6-9,14-16H,4-5,10-11H2,1-3H3. The van der Waals surface area contributed by atoms with Gasteiger partial charge in [-0.1, -0.05) is 29.8 Å². The second-order valence-electron chi connectivity index (χ2n) is 5.34.